The second-order valence-electron chi connectivity index (χ2n) is 4.89. The summed E-state index contributed by atoms with van der Waals surface area (Å²) in [5.41, 5.74) is 7.91. The lowest BCUT2D eigenvalue weighted by molar-refractivity contribution is 0.0754. The molecule has 2 atom stereocenters. The molecule has 100 valence electrons. The molecular weight excluding hydrogens is 240 g/mol. The zero-order chi connectivity index (χ0) is 13.2. The van der Waals surface area contributed by atoms with E-state index in [0.29, 0.717) is 11.9 Å². The molecular formula is C14H18N4O. The van der Waals surface area contributed by atoms with E-state index < -0.39 is 0 Å². The fraction of sp³-hybridized carbons (Fsp3) is 0.429. The van der Waals surface area contributed by atoms with E-state index in [1.807, 2.05) is 24.7 Å². The van der Waals surface area contributed by atoms with Crippen LogP contribution in [0.4, 0.5) is 5.82 Å². The molecule has 2 aromatic heterocycles. The highest BCUT2D eigenvalue weighted by Gasteiger charge is 2.30. The van der Waals surface area contributed by atoms with Gasteiger partial charge in [0.2, 0.25) is 0 Å². The first-order valence-corrected chi connectivity index (χ1v) is 6.56. The minimum atomic E-state index is 0.255. The first-order chi connectivity index (χ1) is 9.31. The molecule has 19 heavy (non-hydrogen) atoms. The van der Waals surface area contributed by atoms with Crippen molar-refractivity contribution in [1.29, 1.82) is 0 Å². The predicted molar refractivity (Wildman–Crippen MR) is 73.6 cm³/mol. The van der Waals surface area contributed by atoms with E-state index in [1.165, 1.54) is 6.42 Å². The van der Waals surface area contributed by atoms with Crippen molar-refractivity contribution in [2.75, 3.05) is 12.8 Å². The standard InChI is InChI=1S/C14H18N4O/c1-19-13-6-2-5-11(13)18-9-16-8-12(18)10-4-3-7-17-14(10)15/h3-4,7-9,11,13H,2,5-6H2,1H3,(H2,15,17). The molecule has 3 rings (SSSR count). The van der Waals surface area contributed by atoms with Crippen molar-refractivity contribution in [2.24, 2.45) is 0 Å². The van der Waals surface area contributed by atoms with E-state index >= 15 is 0 Å². The Morgan fingerprint density at radius 3 is 3.11 bits per heavy atom. The summed E-state index contributed by atoms with van der Waals surface area (Å²) in [5.74, 6) is 0.538. The molecule has 0 aromatic carbocycles. The second kappa shape index (κ2) is 5.01. The van der Waals surface area contributed by atoms with Crippen LogP contribution < -0.4 is 5.73 Å². The number of rotatable bonds is 3. The van der Waals surface area contributed by atoms with Crippen molar-refractivity contribution in [3.8, 4) is 11.3 Å². The molecule has 0 aliphatic heterocycles. The molecule has 2 unspecified atom stereocenters. The lowest BCUT2D eigenvalue weighted by Gasteiger charge is -2.22. The van der Waals surface area contributed by atoms with Gasteiger partial charge in [-0.05, 0) is 31.4 Å². The van der Waals surface area contributed by atoms with E-state index in [0.717, 1.165) is 24.1 Å². The monoisotopic (exact) mass is 258 g/mol. The lowest BCUT2D eigenvalue weighted by Crippen LogP contribution is -2.20. The molecule has 2 N–H and O–H groups in total. The minimum Gasteiger partial charge on any atom is -0.383 e. The molecule has 0 amide bonds. The second-order valence-corrected chi connectivity index (χ2v) is 4.89. The molecule has 0 spiro atoms. The van der Waals surface area contributed by atoms with Gasteiger partial charge in [-0.1, -0.05) is 0 Å². The van der Waals surface area contributed by atoms with Crippen LogP contribution in [0.2, 0.25) is 0 Å². The Balaban J connectivity index is 2.01. The van der Waals surface area contributed by atoms with Crippen molar-refractivity contribution >= 4 is 5.82 Å². The van der Waals surface area contributed by atoms with Gasteiger partial charge in [0.1, 0.15) is 5.82 Å². The van der Waals surface area contributed by atoms with Crippen LogP contribution in [-0.4, -0.2) is 27.7 Å². The van der Waals surface area contributed by atoms with E-state index in [-0.39, 0.29) is 6.10 Å². The number of pyridine rings is 1. The normalized spacial score (nSPS) is 22.8. The average Bonchev–Trinajstić information content (AvgIpc) is 3.07. The van der Waals surface area contributed by atoms with Gasteiger partial charge >= 0.3 is 0 Å². The van der Waals surface area contributed by atoms with Gasteiger partial charge in [0.05, 0.1) is 30.4 Å². The van der Waals surface area contributed by atoms with Crippen LogP contribution in [0.25, 0.3) is 11.3 Å². The maximum absolute atomic E-state index is 5.96. The third-order valence-electron chi connectivity index (χ3n) is 3.86. The largest absolute Gasteiger partial charge is 0.383 e. The van der Waals surface area contributed by atoms with E-state index in [9.17, 15) is 0 Å². The van der Waals surface area contributed by atoms with Crippen molar-refractivity contribution in [1.82, 2.24) is 14.5 Å². The molecule has 1 fully saturated rings. The van der Waals surface area contributed by atoms with Crippen molar-refractivity contribution in [3.63, 3.8) is 0 Å². The summed E-state index contributed by atoms with van der Waals surface area (Å²) in [7, 11) is 1.78. The summed E-state index contributed by atoms with van der Waals surface area (Å²) in [5, 5.41) is 0. The van der Waals surface area contributed by atoms with Gasteiger partial charge in [-0.3, -0.25) is 0 Å². The molecule has 0 bridgehead atoms. The highest BCUT2D eigenvalue weighted by atomic mass is 16.5. The van der Waals surface area contributed by atoms with Crippen LogP contribution in [0.1, 0.15) is 25.3 Å². The van der Waals surface area contributed by atoms with Crippen LogP contribution in [-0.2, 0) is 4.74 Å². The summed E-state index contributed by atoms with van der Waals surface area (Å²) in [6.45, 7) is 0. The van der Waals surface area contributed by atoms with Crippen LogP contribution >= 0.6 is 0 Å². The zero-order valence-corrected chi connectivity index (χ0v) is 11.0. The van der Waals surface area contributed by atoms with Crippen molar-refractivity contribution < 1.29 is 4.74 Å². The number of hydrogen-bond donors (Lipinski definition) is 1. The van der Waals surface area contributed by atoms with Crippen molar-refractivity contribution in [2.45, 2.75) is 31.4 Å². The molecule has 5 heteroatoms. The Labute approximate surface area is 112 Å². The molecule has 1 aliphatic carbocycles. The Bertz CT molecular complexity index is 566. The van der Waals surface area contributed by atoms with Crippen LogP contribution in [0.5, 0.6) is 0 Å². The quantitative estimate of drug-likeness (QED) is 0.917. The number of methoxy groups -OCH3 is 1. The molecule has 1 aliphatic rings. The number of aromatic nitrogens is 3. The smallest absolute Gasteiger partial charge is 0.132 e. The lowest BCUT2D eigenvalue weighted by atomic mass is 10.1. The summed E-state index contributed by atoms with van der Waals surface area (Å²) in [6, 6.07) is 4.21. The SMILES string of the molecule is COC1CCCC1n1cncc1-c1cccnc1N. The number of hydrogen-bond acceptors (Lipinski definition) is 4. The number of nitrogens with two attached hydrogens (primary N) is 1. The first-order valence-electron chi connectivity index (χ1n) is 6.56. The number of anilines is 1. The molecule has 0 saturated heterocycles. The third-order valence-corrected chi connectivity index (χ3v) is 3.86. The molecule has 2 aromatic rings. The average molecular weight is 258 g/mol. The Morgan fingerprint density at radius 1 is 1.42 bits per heavy atom. The number of imidazole rings is 1. The first kappa shape index (κ1) is 12.2. The zero-order valence-electron chi connectivity index (χ0n) is 11.0. The van der Waals surface area contributed by atoms with E-state index in [4.69, 9.17) is 10.5 Å². The van der Waals surface area contributed by atoms with Crippen LogP contribution in [0.15, 0.2) is 30.9 Å². The van der Waals surface area contributed by atoms with Gasteiger partial charge in [0, 0.05) is 18.9 Å². The van der Waals surface area contributed by atoms with Crippen molar-refractivity contribution in [3.05, 3.63) is 30.9 Å². The van der Waals surface area contributed by atoms with E-state index in [2.05, 4.69) is 14.5 Å². The predicted octanol–water partition coefficient (Wildman–Crippen LogP) is 2.27. The van der Waals surface area contributed by atoms with Gasteiger partial charge in [0.25, 0.3) is 0 Å². The number of nitrogen functional groups attached to an aromatic ring is 1. The summed E-state index contributed by atoms with van der Waals surface area (Å²) < 4.78 is 7.75. The maximum Gasteiger partial charge on any atom is 0.132 e. The van der Waals surface area contributed by atoms with Gasteiger partial charge in [-0.2, -0.15) is 0 Å². The minimum absolute atomic E-state index is 0.255. The van der Waals surface area contributed by atoms with Gasteiger partial charge in [-0.15, -0.1) is 0 Å². The summed E-state index contributed by atoms with van der Waals surface area (Å²) in [6.07, 6.45) is 9.06. The summed E-state index contributed by atoms with van der Waals surface area (Å²) in [4.78, 5) is 8.42. The molecule has 2 heterocycles. The number of nitrogens with zero attached hydrogens (tertiary/aromatic N) is 3. The Morgan fingerprint density at radius 2 is 2.32 bits per heavy atom. The highest BCUT2D eigenvalue weighted by Crippen LogP contribution is 2.36. The number of ether oxygens (including phenoxy) is 1. The van der Waals surface area contributed by atoms with Gasteiger partial charge < -0.3 is 15.0 Å². The van der Waals surface area contributed by atoms with Crippen LogP contribution in [0, 0.1) is 0 Å². The topological polar surface area (TPSA) is 66.0 Å². The van der Waals surface area contributed by atoms with E-state index in [1.54, 1.807) is 13.3 Å². The Hall–Kier alpha value is -1.88. The van der Waals surface area contributed by atoms with Crippen LogP contribution in [0.3, 0.4) is 0 Å². The van der Waals surface area contributed by atoms with Gasteiger partial charge in [-0.25, -0.2) is 9.97 Å². The Kier molecular flexibility index (Phi) is 3.21. The molecule has 5 nitrogen and oxygen atoms in total. The third kappa shape index (κ3) is 2.10. The summed E-state index contributed by atoms with van der Waals surface area (Å²) >= 11 is 0. The fourth-order valence-electron chi connectivity index (χ4n) is 2.91. The van der Waals surface area contributed by atoms with Gasteiger partial charge in [0.15, 0.2) is 0 Å². The molecule has 1 saturated carbocycles. The molecule has 0 radical (unpaired) electrons. The highest BCUT2D eigenvalue weighted by molar-refractivity contribution is 5.70. The maximum atomic E-state index is 5.96. The fourth-order valence-corrected chi connectivity index (χ4v) is 2.91.